The van der Waals surface area contributed by atoms with Crippen molar-refractivity contribution >= 4 is 51.6 Å². The molecule has 0 fully saturated rings. The van der Waals surface area contributed by atoms with E-state index >= 15 is 0 Å². The highest BCUT2D eigenvalue weighted by Crippen LogP contribution is 2.44. The minimum Gasteiger partial charge on any atom is -0.478 e. The van der Waals surface area contributed by atoms with Gasteiger partial charge in [-0.25, -0.2) is 4.79 Å². The molecule has 4 rings (SSSR count). The van der Waals surface area contributed by atoms with Crippen LogP contribution in [0.1, 0.15) is 70.8 Å². The lowest BCUT2D eigenvalue weighted by Gasteiger charge is -2.33. The van der Waals surface area contributed by atoms with Gasteiger partial charge in [0.2, 0.25) is 5.91 Å². The van der Waals surface area contributed by atoms with Gasteiger partial charge < -0.3 is 15.7 Å². The van der Waals surface area contributed by atoms with Gasteiger partial charge in [0.1, 0.15) is 11.1 Å². The van der Waals surface area contributed by atoms with E-state index in [4.69, 9.17) is 0 Å². The molecular formula is C30H31N3O4S2. The Kier molecular flexibility index (Phi) is 8.48. The lowest BCUT2D eigenvalue weighted by molar-refractivity contribution is -0.115. The van der Waals surface area contributed by atoms with Crippen molar-refractivity contribution in [2.45, 2.75) is 57.1 Å². The van der Waals surface area contributed by atoms with Crippen LogP contribution in [0.5, 0.6) is 0 Å². The molecule has 202 valence electrons. The van der Waals surface area contributed by atoms with Crippen LogP contribution in [0.4, 0.5) is 10.7 Å². The fourth-order valence-electron chi connectivity index (χ4n) is 4.72. The standard InChI is InChI=1S/C30H31N3O4S2/c1-17(26(34)33-28-24(16-31)21-13-12-18(30(2,3)4)14-25(21)39-28)38-20-9-7-8-19(15-20)32-27(35)22-10-5-6-11-23(22)29(36)37/h5-11,15,17-18H,12-14H2,1-4H3,(H,32,35)(H,33,34)(H,36,37). The van der Waals surface area contributed by atoms with Gasteiger partial charge in [-0.15, -0.1) is 23.1 Å². The second kappa shape index (κ2) is 11.6. The molecule has 2 aromatic carbocycles. The van der Waals surface area contributed by atoms with Crippen LogP contribution in [0.3, 0.4) is 0 Å². The fourth-order valence-corrected chi connectivity index (χ4v) is 6.92. The average Bonchev–Trinajstić information content (AvgIpc) is 3.24. The number of aromatic carboxylic acids is 1. The molecule has 2 amide bonds. The van der Waals surface area contributed by atoms with Crippen LogP contribution in [-0.4, -0.2) is 28.1 Å². The number of carbonyl (C=O) groups excluding carboxylic acids is 2. The number of thiophene rings is 1. The molecule has 39 heavy (non-hydrogen) atoms. The molecule has 1 aliphatic rings. The minimum absolute atomic E-state index is 0.0663. The van der Waals surface area contributed by atoms with Crippen molar-refractivity contribution in [3.8, 4) is 6.07 Å². The summed E-state index contributed by atoms with van der Waals surface area (Å²) in [6.07, 6.45) is 2.82. The van der Waals surface area contributed by atoms with E-state index in [0.29, 0.717) is 22.2 Å². The van der Waals surface area contributed by atoms with Gasteiger partial charge in [-0.05, 0) is 73.4 Å². The number of fused-ring (bicyclic) bond motifs is 1. The van der Waals surface area contributed by atoms with Crippen LogP contribution < -0.4 is 10.6 Å². The predicted octanol–water partition coefficient (Wildman–Crippen LogP) is 6.84. The van der Waals surface area contributed by atoms with Crippen LogP contribution >= 0.6 is 23.1 Å². The van der Waals surface area contributed by atoms with E-state index in [2.05, 4.69) is 37.5 Å². The topological polar surface area (TPSA) is 119 Å². The number of nitriles is 1. The molecule has 0 radical (unpaired) electrons. The monoisotopic (exact) mass is 561 g/mol. The molecule has 2 unspecified atom stereocenters. The molecule has 1 aromatic heterocycles. The summed E-state index contributed by atoms with van der Waals surface area (Å²) in [4.78, 5) is 39.3. The van der Waals surface area contributed by atoms with Gasteiger partial charge >= 0.3 is 5.97 Å². The first-order valence-electron chi connectivity index (χ1n) is 12.7. The highest BCUT2D eigenvalue weighted by molar-refractivity contribution is 8.00. The normalized spacial score (nSPS) is 15.5. The van der Waals surface area contributed by atoms with Crippen molar-refractivity contribution in [1.82, 2.24) is 0 Å². The zero-order valence-electron chi connectivity index (χ0n) is 22.3. The van der Waals surface area contributed by atoms with E-state index < -0.39 is 17.1 Å². The molecule has 0 bridgehead atoms. The SMILES string of the molecule is CC(Sc1cccc(NC(=O)c2ccccc2C(=O)O)c1)C(=O)Nc1sc2c(c1C#N)CCC(C(C)(C)C)C2. The maximum atomic E-state index is 13.1. The van der Waals surface area contributed by atoms with Crippen molar-refractivity contribution < 1.29 is 19.5 Å². The zero-order chi connectivity index (χ0) is 28.3. The first-order valence-corrected chi connectivity index (χ1v) is 14.4. The third-order valence-electron chi connectivity index (χ3n) is 7.01. The van der Waals surface area contributed by atoms with Gasteiger partial charge in [0.15, 0.2) is 0 Å². The van der Waals surface area contributed by atoms with E-state index in [1.165, 1.54) is 40.1 Å². The molecule has 3 aromatic rings. The Bertz CT molecular complexity index is 1470. The van der Waals surface area contributed by atoms with Gasteiger partial charge in [-0.3, -0.25) is 9.59 Å². The summed E-state index contributed by atoms with van der Waals surface area (Å²) in [5.41, 5.74) is 2.33. The molecule has 3 N–H and O–H groups in total. The predicted molar refractivity (Wildman–Crippen MR) is 156 cm³/mol. The van der Waals surface area contributed by atoms with E-state index in [-0.39, 0.29) is 22.4 Å². The van der Waals surface area contributed by atoms with Gasteiger partial charge in [0.05, 0.1) is 21.9 Å². The quantitative estimate of drug-likeness (QED) is 0.272. The molecular weight excluding hydrogens is 530 g/mol. The summed E-state index contributed by atoms with van der Waals surface area (Å²) in [5, 5.41) is 25.1. The minimum atomic E-state index is -1.18. The molecule has 7 nitrogen and oxygen atoms in total. The first-order chi connectivity index (χ1) is 18.5. The van der Waals surface area contributed by atoms with E-state index in [1.54, 1.807) is 37.3 Å². The number of benzene rings is 2. The fraction of sp³-hybridized carbons (Fsp3) is 0.333. The summed E-state index contributed by atoms with van der Waals surface area (Å²) in [6.45, 7) is 8.54. The van der Waals surface area contributed by atoms with Crippen LogP contribution in [0, 0.1) is 22.7 Å². The van der Waals surface area contributed by atoms with Gasteiger partial charge in [0, 0.05) is 15.5 Å². The number of hydrogen-bond donors (Lipinski definition) is 3. The molecule has 1 aliphatic carbocycles. The summed E-state index contributed by atoms with van der Waals surface area (Å²) in [6, 6.07) is 15.4. The number of rotatable bonds is 7. The summed E-state index contributed by atoms with van der Waals surface area (Å²) >= 11 is 2.85. The van der Waals surface area contributed by atoms with Crippen LogP contribution in [0.2, 0.25) is 0 Å². The highest BCUT2D eigenvalue weighted by Gasteiger charge is 2.32. The molecule has 0 aliphatic heterocycles. The van der Waals surface area contributed by atoms with Crippen LogP contribution in [0.25, 0.3) is 0 Å². The lowest BCUT2D eigenvalue weighted by atomic mass is 9.72. The lowest BCUT2D eigenvalue weighted by Crippen LogP contribution is -2.26. The Labute approximate surface area is 236 Å². The number of amides is 2. The Morgan fingerprint density at radius 1 is 1.10 bits per heavy atom. The number of anilines is 2. The summed E-state index contributed by atoms with van der Waals surface area (Å²) < 4.78 is 0. The third kappa shape index (κ3) is 6.52. The smallest absolute Gasteiger partial charge is 0.336 e. The van der Waals surface area contributed by atoms with E-state index in [9.17, 15) is 24.8 Å². The average molecular weight is 562 g/mol. The van der Waals surface area contributed by atoms with Crippen LogP contribution in [0.15, 0.2) is 53.4 Å². The van der Waals surface area contributed by atoms with E-state index in [1.807, 2.05) is 6.07 Å². The highest BCUT2D eigenvalue weighted by atomic mass is 32.2. The number of carbonyl (C=O) groups is 3. The van der Waals surface area contributed by atoms with Crippen molar-refractivity contribution in [3.63, 3.8) is 0 Å². The largest absolute Gasteiger partial charge is 0.478 e. The van der Waals surface area contributed by atoms with Crippen molar-refractivity contribution in [2.75, 3.05) is 10.6 Å². The number of thioether (sulfide) groups is 1. The first kappa shape index (κ1) is 28.4. The van der Waals surface area contributed by atoms with Gasteiger partial charge in [-0.2, -0.15) is 5.26 Å². The Morgan fingerprint density at radius 3 is 2.49 bits per heavy atom. The van der Waals surface area contributed by atoms with Crippen LogP contribution in [-0.2, 0) is 17.6 Å². The van der Waals surface area contributed by atoms with Gasteiger partial charge in [-0.1, -0.05) is 39.0 Å². The van der Waals surface area contributed by atoms with Gasteiger partial charge in [0.25, 0.3) is 5.91 Å². The summed E-state index contributed by atoms with van der Waals surface area (Å²) in [5.74, 6) is -1.36. The van der Waals surface area contributed by atoms with Crippen molar-refractivity contribution in [1.29, 1.82) is 5.26 Å². The summed E-state index contributed by atoms with van der Waals surface area (Å²) in [7, 11) is 0. The van der Waals surface area contributed by atoms with Crippen molar-refractivity contribution in [2.24, 2.45) is 11.3 Å². The molecule has 1 heterocycles. The number of hydrogen-bond acceptors (Lipinski definition) is 6. The van der Waals surface area contributed by atoms with Crippen molar-refractivity contribution in [3.05, 3.63) is 75.7 Å². The number of nitrogens with zero attached hydrogens (tertiary/aromatic N) is 1. The molecule has 9 heteroatoms. The number of carboxylic acid groups (broad SMARTS) is 1. The Morgan fingerprint density at radius 2 is 1.82 bits per heavy atom. The maximum absolute atomic E-state index is 13.1. The Balaban J connectivity index is 1.43. The number of carboxylic acids is 1. The van der Waals surface area contributed by atoms with E-state index in [0.717, 1.165) is 29.7 Å². The number of nitrogens with one attached hydrogen (secondary N) is 2. The molecule has 0 spiro atoms. The molecule has 2 atom stereocenters. The Hall–Kier alpha value is -3.61. The third-order valence-corrected chi connectivity index (χ3v) is 9.28. The molecule has 0 saturated heterocycles. The zero-order valence-corrected chi connectivity index (χ0v) is 24.0. The molecule has 0 saturated carbocycles. The maximum Gasteiger partial charge on any atom is 0.336 e. The second-order valence-electron chi connectivity index (χ2n) is 10.7. The second-order valence-corrected chi connectivity index (χ2v) is 13.2.